The SMILES string of the molecule is Cc1ccccc1S(=O)(=O)N[C@@H](Cc1c[nH]c2ccccc12)C(=O)Nc1ccc(N2CCOCC2)cc1. The lowest BCUT2D eigenvalue weighted by Crippen LogP contribution is -2.45. The molecule has 0 saturated carbocycles. The molecule has 0 aliphatic carbocycles. The fourth-order valence-electron chi connectivity index (χ4n) is 4.62. The number of benzene rings is 3. The molecule has 1 aliphatic heterocycles. The number of sulfonamides is 1. The van der Waals surface area contributed by atoms with Gasteiger partial charge in [-0.25, -0.2) is 8.42 Å². The molecule has 3 N–H and O–H groups in total. The summed E-state index contributed by atoms with van der Waals surface area (Å²) >= 11 is 0. The molecular weight excluding hydrogens is 488 g/mol. The van der Waals surface area contributed by atoms with Crippen LogP contribution in [0.1, 0.15) is 11.1 Å². The lowest BCUT2D eigenvalue weighted by molar-refractivity contribution is -0.117. The fourth-order valence-corrected chi connectivity index (χ4v) is 6.07. The van der Waals surface area contributed by atoms with E-state index in [-0.39, 0.29) is 11.3 Å². The van der Waals surface area contributed by atoms with E-state index in [0.717, 1.165) is 35.2 Å². The van der Waals surface area contributed by atoms with E-state index in [4.69, 9.17) is 4.74 Å². The topological polar surface area (TPSA) is 104 Å². The first-order valence-corrected chi connectivity index (χ1v) is 13.8. The molecule has 1 atom stereocenters. The summed E-state index contributed by atoms with van der Waals surface area (Å²) in [5.74, 6) is -0.429. The maximum Gasteiger partial charge on any atom is 0.242 e. The first-order chi connectivity index (χ1) is 17.9. The lowest BCUT2D eigenvalue weighted by Gasteiger charge is -2.29. The number of H-pyrrole nitrogens is 1. The van der Waals surface area contributed by atoms with Gasteiger partial charge in [0.2, 0.25) is 15.9 Å². The summed E-state index contributed by atoms with van der Waals surface area (Å²) in [6.45, 7) is 4.75. The summed E-state index contributed by atoms with van der Waals surface area (Å²) in [4.78, 5) is 19.1. The molecular formula is C28H30N4O4S. The number of rotatable bonds is 8. The fraction of sp³-hybridized carbons (Fsp3) is 0.250. The van der Waals surface area contributed by atoms with E-state index in [1.54, 1.807) is 31.2 Å². The number of hydrogen-bond acceptors (Lipinski definition) is 5. The van der Waals surface area contributed by atoms with Gasteiger partial charge in [-0.3, -0.25) is 4.79 Å². The number of amides is 1. The average Bonchev–Trinajstić information content (AvgIpc) is 3.32. The summed E-state index contributed by atoms with van der Waals surface area (Å²) < 4.78 is 34.7. The van der Waals surface area contributed by atoms with E-state index < -0.39 is 22.0 Å². The van der Waals surface area contributed by atoms with Crippen LogP contribution >= 0.6 is 0 Å². The molecule has 0 spiro atoms. The van der Waals surface area contributed by atoms with Gasteiger partial charge in [-0.2, -0.15) is 4.72 Å². The van der Waals surface area contributed by atoms with E-state index in [2.05, 4.69) is 19.9 Å². The Bertz CT molecular complexity index is 1490. The van der Waals surface area contributed by atoms with Gasteiger partial charge in [-0.1, -0.05) is 36.4 Å². The number of aromatic amines is 1. The molecule has 192 valence electrons. The Morgan fingerprint density at radius 1 is 1.00 bits per heavy atom. The second-order valence-electron chi connectivity index (χ2n) is 9.14. The molecule has 37 heavy (non-hydrogen) atoms. The summed E-state index contributed by atoms with van der Waals surface area (Å²) in [6.07, 6.45) is 2.01. The summed E-state index contributed by atoms with van der Waals surface area (Å²) in [5, 5.41) is 3.85. The molecule has 8 nitrogen and oxygen atoms in total. The predicted molar refractivity (Wildman–Crippen MR) is 145 cm³/mol. The number of anilines is 2. The van der Waals surface area contributed by atoms with Crippen molar-refractivity contribution in [3.8, 4) is 0 Å². The largest absolute Gasteiger partial charge is 0.378 e. The Kier molecular flexibility index (Phi) is 7.27. The molecule has 1 amide bonds. The van der Waals surface area contributed by atoms with Crippen LogP contribution in [0.25, 0.3) is 10.9 Å². The van der Waals surface area contributed by atoms with Crippen molar-refractivity contribution in [2.24, 2.45) is 0 Å². The summed E-state index contributed by atoms with van der Waals surface area (Å²) in [5.41, 5.74) is 4.04. The summed E-state index contributed by atoms with van der Waals surface area (Å²) in [6, 6.07) is 21.0. The maximum atomic E-state index is 13.5. The molecule has 0 bridgehead atoms. The van der Waals surface area contributed by atoms with Crippen molar-refractivity contribution in [3.05, 3.63) is 90.1 Å². The highest BCUT2D eigenvalue weighted by Gasteiger charge is 2.28. The minimum atomic E-state index is -3.94. The molecule has 0 radical (unpaired) electrons. The van der Waals surface area contributed by atoms with Crippen LogP contribution in [0.2, 0.25) is 0 Å². The Labute approximate surface area is 216 Å². The van der Waals surface area contributed by atoms with Crippen LogP contribution in [-0.2, 0) is 26.0 Å². The number of ether oxygens (including phenoxy) is 1. The number of nitrogens with zero attached hydrogens (tertiary/aromatic N) is 1. The second kappa shape index (κ2) is 10.8. The van der Waals surface area contributed by atoms with Crippen molar-refractivity contribution in [2.75, 3.05) is 36.5 Å². The van der Waals surface area contributed by atoms with Crippen LogP contribution in [0, 0.1) is 6.92 Å². The van der Waals surface area contributed by atoms with Gasteiger partial charge in [0, 0.05) is 41.6 Å². The molecule has 1 fully saturated rings. The quantitative estimate of drug-likeness (QED) is 0.329. The van der Waals surface area contributed by atoms with Crippen LogP contribution in [0.15, 0.2) is 83.9 Å². The molecule has 2 heterocycles. The zero-order valence-corrected chi connectivity index (χ0v) is 21.4. The third kappa shape index (κ3) is 5.69. The molecule has 1 saturated heterocycles. The number of aryl methyl sites for hydroxylation is 1. The van der Waals surface area contributed by atoms with Crippen LogP contribution in [0.5, 0.6) is 0 Å². The highest BCUT2D eigenvalue weighted by Crippen LogP contribution is 2.23. The highest BCUT2D eigenvalue weighted by atomic mass is 32.2. The summed E-state index contributed by atoms with van der Waals surface area (Å²) in [7, 11) is -3.94. The van der Waals surface area contributed by atoms with Gasteiger partial charge in [-0.15, -0.1) is 0 Å². The molecule has 5 rings (SSSR count). The van der Waals surface area contributed by atoms with Gasteiger partial charge in [0.15, 0.2) is 0 Å². The molecule has 4 aromatic rings. The van der Waals surface area contributed by atoms with Gasteiger partial charge in [0.25, 0.3) is 0 Å². The molecule has 1 aromatic heterocycles. The first-order valence-electron chi connectivity index (χ1n) is 12.3. The van der Waals surface area contributed by atoms with Gasteiger partial charge < -0.3 is 19.9 Å². The number of nitrogens with one attached hydrogen (secondary N) is 3. The van der Waals surface area contributed by atoms with Crippen molar-refractivity contribution in [1.82, 2.24) is 9.71 Å². The number of morpholine rings is 1. The third-order valence-corrected chi connectivity index (χ3v) is 8.24. The van der Waals surface area contributed by atoms with E-state index in [9.17, 15) is 13.2 Å². The first kappa shape index (κ1) is 25.0. The maximum absolute atomic E-state index is 13.5. The van der Waals surface area contributed by atoms with Crippen molar-refractivity contribution in [1.29, 1.82) is 0 Å². The molecule has 3 aromatic carbocycles. The van der Waals surface area contributed by atoms with Gasteiger partial charge >= 0.3 is 0 Å². The number of para-hydroxylation sites is 1. The van der Waals surface area contributed by atoms with Crippen LogP contribution in [0.4, 0.5) is 11.4 Å². The highest BCUT2D eigenvalue weighted by molar-refractivity contribution is 7.89. The Balaban J connectivity index is 1.39. The predicted octanol–water partition coefficient (Wildman–Crippen LogP) is 3.84. The van der Waals surface area contributed by atoms with Crippen molar-refractivity contribution in [3.63, 3.8) is 0 Å². The van der Waals surface area contributed by atoms with Gasteiger partial charge in [0.05, 0.1) is 18.1 Å². The molecule has 1 aliphatic rings. The van der Waals surface area contributed by atoms with E-state index in [1.807, 2.05) is 54.7 Å². The normalized spacial score (nSPS) is 15.0. The number of fused-ring (bicyclic) bond motifs is 1. The van der Waals surface area contributed by atoms with Crippen molar-refractivity contribution >= 4 is 38.2 Å². The monoisotopic (exact) mass is 518 g/mol. The number of aromatic nitrogens is 1. The second-order valence-corrected chi connectivity index (χ2v) is 10.8. The average molecular weight is 519 g/mol. The standard InChI is InChI=1S/C28H30N4O4S/c1-20-6-2-5-9-27(20)37(34,35)31-26(18-21-19-29-25-8-4-3-7-24(21)25)28(33)30-22-10-12-23(13-11-22)32-14-16-36-17-15-32/h2-13,19,26,29,31H,14-18H2,1H3,(H,30,33)/t26-/m0/s1. The van der Waals surface area contributed by atoms with Crippen LogP contribution in [0.3, 0.4) is 0 Å². The van der Waals surface area contributed by atoms with E-state index in [0.29, 0.717) is 24.5 Å². The number of carbonyl (C=O) groups excluding carboxylic acids is 1. The van der Waals surface area contributed by atoms with Crippen molar-refractivity contribution < 1.29 is 17.9 Å². The molecule has 0 unspecified atom stereocenters. The van der Waals surface area contributed by atoms with Crippen LogP contribution < -0.4 is 14.9 Å². The van der Waals surface area contributed by atoms with Crippen molar-refractivity contribution in [2.45, 2.75) is 24.3 Å². The Morgan fingerprint density at radius 3 is 2.46 bits per heavy atom. The van der Waals surface area contributed by atoms with Crippen LogP contribution in [-0.4, -0.2) is 51.7 Å². The molecule has 9 heteroatoms. The zero-order valence-electron chi connectivity index (χ0n) is 20.6. The number of carbonyl (C=O) groups is 1. The number of hydrogen-bond donors (Lipinski definition) is 3. The third-order valence-electron chi connectivity index (χ3n) is 6.61. The minimum absolute atomic E-state index is 0.154. The minimum Gasteiger partial charge on any atom is -0.378 e. The zero-order chi connectivity index (χ0) is 25.8. The van der Waals surface area contributed by atoms with E-state index in [1.165, 1.54) is 0 Å². The lowest BCUT2D eigenvalue weighted by atomic mass is 10.0. The van der Waals surface area contributed by atoms with Gasteiger partial charge in [-0.05, 0) is 60.9 Å². The Hall–Kier alpha value is -3.66. The Morgan fingerprint density at radius 2 is 1.70 bits per heavy atom. The van der Waals surface area contributed by atoms with E-state index >= 15 is 0 Å². The smallest absolute Gasteiger partial charge is 0.242 e. The van der Waals surface area contributed by atoms with Gasteiger partial charge in [0.1, 0.15) is 6.04 Å².